The third kappa shape index (κ3) is 22.8. The zero-order valence-electron chi connectivity index (χ0n) is 27.5. The van der Waals surface area contributed by atoms with Crippen molar-refractivity contribution in [2.75, 3.05) is 64.2 Å². The Balaban J connectivity index is 0.000000783. The zero-order valence-corrected chi connectivity index (χ0v) is 27.5. The highest BCUT2D eigenvalue weighted by Gasteiger charge is 2.02. The first-order valence-corrected chi connectivity index (χ1v) is 15.3. The molecule has 0 saturated heterocycles. The molecule has 0 aliphatic heterocycles. The number of nitrogens with two attached hydrogens (primary N) is 2. The molecule has 0 aromatic heterocycles. The van der Waals surface area contributed by atoms with Crippen molar-refractivity contribution in [3.05, 3.63) is 53.6 Å². The van der Waals surface area contributed by atoms with Gasteiger partial charge in [0.05, 0.1) is 45.3 Å². The van der Waals surface area contributed by atoms with E-state index in [1.165, 1.54) is 5.56 Å². The molecule has 43 heavy (non-hydrogen) atoms. The third-order valence-electron chi connectivity index (χ3n) is 5.45. The predicted octanol–water partition coefficient (Wildman–Crippen LogP) is 5.46. The minimum Gasteiger partial charge on any atom is -0.489 e. The van der Waals surface area contributed by atoms with Crippen LogP contribution >= 0.6 is 0 Å². The highest BCUT2D eigenvalue weighted by atomic mass is 16.6. The molecule has 2 rings (SSSR count). The number of benzene rings is 2. The number of carbonyl (C=O) groups is 1. The molecule has 0 aliphatic carbocycles. The van der Waals surface area contributed by atoms with Crippen LogP contribution in [0.15, 0.2) is 42.5 Å². The Labute approximate surface area is 260 Å². The fraction of sp³-hybridized carbons (Fsp3) is 0.559. The summed E-state index contributed by atoms with van der Waals surface area (Å²) in [6.07, 6.45) is 1.21. The molecular formula is C34H56N4O5. The molecule has 9 nitrogen and oxygen atoms in total. The molecule has 0 saturated carbocycles. The van der Waals surface area contributed by atoms with Gasteiger partial charge in [0.15, 0.2) is 0 Å². The Morgan fingerprint density at radius 3 is 2.09 bits per heavy atom. The van der Waals surface area contributed by atoms with Crippen LogP contribution in [0.2, 0.25) is 0 Å². The summed E-state index contributed by atoms with van der Waals surface area (Å²) in [5, 5.41) is 5.87. The van der Waals surface area contributed by atoms with Crippen LogP contribution in [0, 0.1) is 17.8 Å². The number of nitrogens with one attached hydrogen (secondary N) is 2. The van der Waals surface area contributed by atoms with Gasteiger partial charge >= 0.3 is 6.09 Å². The molecule has 2 aromatic carbocycles. The summed E-state index contributed by atoms with van der Waals surface area (Å²) < 4.78 is 21.5. The minimum absolute atomic E-state index is 0.309. The van der Waals surface area contributed by atoms with Crippen molar-refractivity contribution in [2.24, 2.45) is 5.92 Å². The van der Waals surface area contributed by atoms with E-state index in [9.17, 15) is 4.79 Å². The highest BCUT2D eigenvalue weighted by Crippen LogP contribution is 2.22. The van der Waals surface area contributed by atoms with Crippen LogP contribution in [0.5, 0.6) is 5.75 Å². The van der Waals surface area contributed by atoms with Gasteiger partial charge in [0.1, 0.15) is 12.4 Å². The normalized spacial score (nSPS) is 10.1. The van der Waals surface area contributed by atoms with E-state index in [-0.39, 0.29) is 0 Å². The Kier molecular flexibility index (Phi) is 24.1. The highest BCUT2D eigenvalue weighted by molar-refractivity contribution is 5.67. The number of nitrogen functional groups attached to an aromatic ring is 2. The van der Waals surface area contributed by atoms with Crippen molar-refractivity contribution in [1.29, 1.82) is 0 Å². The maximum absolute atomic E-state index is 11.3. The van der Waals surface area contributed by atoms with Crippen LogP contribution in [0.4, 0.5) is 16.2 Å². The lowest BCUT2D eigenvalue weighted by molar-refractivity contribution is 0.0371. The molecule has 0 bridgehead atoms. The van der Waals surface area contributed by atoms with Gasteiger partial charge in [0, 0.05) is 30.6 Å². The molecule has 0 spiro atoms. The molecule has 0 atom stereocenters. The van der Waals surface area contributed by atoms with E-state index in [0.29, 0.717) is 70.3 Å². The summed E-state index contributed by atoms with van der Waals surface area (Å²) in [6.45, 7) is 18.8. The molecule has 6 N–H and O–H groups in total. The second-order valence-electron chi connectivity index (χ2n) is 9.86. The molecule has 1 amide bonds. The molecule has 2 aromatic rings. The number of ether oxygens (including phenoxy) is 4. The van der Waals surface area contributed by atoms with Crippen molar-refractivity contribution >= 4 is 17.5 Å². The smallest absolute Gasteiger partial charge is 0.407 e. The topological polar surface area (TPSA) is 130 Å². The van der Waals surface area contributed by atoms with Crippen molar-refractivity contribution in [3.63, 3.8) is 0 Å². The molecule has 9 heteroatoms. The van der Waals surface area contributed by atoms with Gasteiger partial charge in [0.2, 0.25) is 0 Å². The van der Waals surface area contributed by atoms with Crippen LogP contribution in [0.25, 0.3) is 0 Å². The summed E-state index contributed by atoms with van der Waals surface area (Å²) in [5.41, 5.74) is 15.2. The molecule has 0 radical (unpaired) electrons. The fourth-order valence-electron chi connectivity index (χ4n) is 3.27. The quantitative estimate of drug-likeness (QED) is 0.113. The van der Waals surface area contributed by atoms with Gasteiger partial charge in [-0.1, -0.05) is 78.5 Å². The van der Waals surface area contributed by atoms with E-state index in [2.05, 4.69) is 43.2 Å². The summed E-state index contributed by atoms with van der Waals surface area (Å²) in [7, 11) is 0. The van der Waals surface area contributed by atoms with Gasteiger partial charge in [-0.15, -0.1) is 0 Å². The summed E-state index contributed by atoms with van der Waals surface area (Å²) in [5.74, 6) is 6.84. The Hall–Kier alpha value is -3.45. The van der Waals surface area contributed by atoms with Crippen LogP contribution in [0.1, 0.15) is 59.6 Å². The van der Waals surface area contributed by atoms with Crippen molar-refractivity contribution < 1.29 is 23.7 Å². The number of rotatable bonds is 16. The molecule has 0 heterocycles. The maximum Gasteiger partial charge on any atom is 0.407 e. The Bertz CT molecular complexity index is 1030. The van der Waals surface area contributed by atoms with Gasteiger partial charge in [-0.25, -0.2) is 4.79 Å². The lowest BCUT2D eigenvalue weighted by Crippen LogP contribution is -2.27. The number of carbonyl (C=O) groups excluding carboxylic acids is 1. The van der Waals surface area contributed by atoms with E-state index in [0.717, 1.165) is 30.0 Å². The van der Waals surface area contributed by atoms with Gasteiger partial charge in [-0.2, -0.15) is 0 Å². The van der Waals surface area contributed by atoms with Crippen molar-refractivity contribution in [3.8, 4) is 17.6 Å². The monoisotopic (exact) mass is 600 g/mol. The molecule has 242 valence electrons. The van der Waals surface area contributed by atoms with Gasteiger partial charge in [-0.05, 0) is 41.8 Å². The first-order chi connectivity index (χ1) is 20.7. The van der Waals surface area contributed by atoms with E-state index < -0.39 is 6.09 Å². The predicted molar refractivity (Wildman–Crippen MR) is 178 cm³/mol. The van der Waals surface area contributed by atoms with Crippen molar-refractivity contribution in [1.82, 2.24) is 10.6 Å². The average Bonchev–Trinajstić information content (AvgIpc) is 2.99. The van der Waals surface area contributed by atoms with Gasteiger partial charge < -0.3 is 41.0 Å². The summed E-state index contributed by atoms with van der Waals surface area (Å²) in [4.78, 5) is 11.3. The number of amides is 1. The van der Waals surface area contributed by atoms with E-state index >= 15 is 0 Å². The maximum atomic E-state index is 11.3. The zero-order chi connectivity index (χ0) is 32.3. The molecule has 0 aliphatic rings. The van der Waals surface area contributed by atoms with Gasteiger partial charge in [0.25, 0.3) is 0 Å². The first kappa shape index (κ1) is 39.5. The fourth-order valence-corrected chi connectivity index (χ4v) is 3.27. The number of aryl methyl sites for hydroxylation is 1. The summed E-state index contributed by atoms with van der Waals surface area (Å²) in [6, 6.07) is 13.9. The lowest BCUT2D eigenvalue weighted by atomic mass is 10.1. The minimum atomic E-state index is -0.437. The standard InChI is InChI=1S/C17H30N2O3.C15H20N2O2.C2H6/c1-4-15-5-6-17(16(18)13-15)22-12-11-21-10-9-20-8-7-19-14(2)3;1-12(2)4-3-10-17-15(18)19-11-9-13-5-7-14(16)8-6-13;1-2/h5-6,13-14,19H,4,7-12,18H2,1-3H3;5-8,12H,9-11,16H2,1-2H3,(H,17,18);1-2H3. The number of alkyl carbamates (subject to hydrolysis) is 1. The van der Waals surface area contributed by atoms with E-state index in [1.54, 1.807) is 0 Å². The number of anilines is 2. The Morgan fingerprint density at radius 1 is 0.860 bits per heavy atom. The van der Waals surface area contributed by atoms with Crippen molar-refractivity contribution in [2.45, 2.75) is 67.3 Å². The first-order valence-electron chi connectivity index (χ1n) is 15.3. The second kappa shape index (κ2) is 26.2. The largest absolute Gasteiger partial charge is 0.489 e. The Morgan fingerprint density at radius 2 is 1.49 bits per heavy atom. The van der Waals surface area contributed by atoms with Crippen LogP contribution in [-0.2, 0) is 27.1 Å². The SMILES string of the molecule is CC.CC(C)C#CCNC(=O)OCCc1ccc(N)cc1.CCc1ccc(OCCOCCOCCNC(C)C)c(N)c1. The molecule has 0 unspecified atom stereocenters. The molecule has 0 fully saturated rings. The van der Waals surface area contributed by atoms with Crippen LogP contribution in [0.3, 0.4) is 0 Å². The third-order valence-corrected chi connectivity index (χ3v) is 5.45. The number of hydrogen-bond donors (Lipinski definition) is 4. The van der Waals surface area contributed by atoms with Crippen LogP contribution < -0.4 is 26.8 Å². The van der Waals surface area contributed by atoms with Gasteiger partial charge in [-0.3, -0.25) is 0 Å². The van der Waals surface area contributed by atoms with E-state index in [1.807, 2.05) is 70.2 Å². The second-order valence-corrected chi connectivity index (χ2v) is 9.86. The van der Waals surface area contributed by atoms with E-state index in [4.69, 9.17) is 30.4 Å². The molecular weight excluding hydrogens is 544 g/mol. The lowest BCUT2D eigenvalue weighted by Gasteiger charge is -2.11. The summed E-state index contributed by atoms with van der Waals surface area (Å²) >= 11 is 0. The average molecular weight is 601 g/mol. The number of hydrogen-bond acceptors (Lipinski definition) is 8. The van der Waals surface area contributed by atoms with Crippen LogP contribution in [-0.4, -0.2) is 64.9 Å².